The van der Waals surface area contributed by atoms with Crippen LogP contribution in [0.2, 0.25) is 0 Å². The molecule has 1 atom stereocenters. The number of hydrogen-bond acceptors (Lipinski definition) is 2. The topological polar surface area (TPSA) is 23.5 Å². The van der Waals surface area contributed by atoms with E-state index in [4.69, 9.17) is 5.11 Å². The van der Waals surface area contributed by atoms with E-state index in [1.807, 2.05) is 0 Å². The summed E-state index contributed by atoms with van der Waals surface area (Å²) >= 11 is 2.39. The molecule has 0 aromatic carbocycles. The van der Waals surface area contributed by atoms with Gasteiger partial charge >= 0.3 is 0 Å². The molecular weight excluding hydrogens is 241 g/mol. The molecule has 0 amide bonds. The molecule has 1 heterocycles. The van der Waals surface area contributed by atoms with Gasteiger partial charge in [-0.25, -0.2) is 0 Å². The van der Waals surface area contributed by atoms with Crippen LogP contribution in [0.15, 0.2) is 0 Å². The summed E-state index contributed by atoms with van der Waals surface area (Å²) in [5, 5.41) is 9.16. The van der Waals surface area contributed by atoms with Crippen LogP contribution in [-0.2, 0) is 0 Å². The molecule has 0 saturated carbocycles. The molecule has 0 radical (unpaired) electrons. The van der Waals surface area contributed by atoms with E-state index in [2.05, 4.69) is 27.5 Å². The summed E-state index contributed by atoms with van der Waals surface area (Å²) < 4.78 is 1.23. The highest BCUT2D eigenvalue weighted by Crippen LogP contribution is 2.08. The number of rotatable bonds is 3. The van der Waals surface area contributed by atoms with E-state index < -0.39 is 0 Å². The third kappa shape index (κ3) is 2.72. The van der Waals surface area contributed by atoms with E-state index in [1.165, 1.54) is 17.4 Å². The average molecular weight is 255 g/mol. The highest BCUT2D eigenvalue weighted by molar-refractivity contribution is 14.1. The van der Waals surface area contributed by atoms with Gasteiger partial charge in [-0.3, -0.25) is 0 Å². The van der Waals surface area contributed by atoms with Crippen LogP contribution in [0.25, 0.3) is 0 Å². The van der Waals surface area contributed by atoms with Gasteiger partial charge in [0.05, 0.1) is 6.10 Å². The van der Waals surface area contributed by atoms with Crippen LogP contribution in [0, 0.1) is 0 Å². The summed E-state index contributed by atoms with van der Waals surface area (Å²) in [5.74, 6) is 0. The lowest BCUT2D eigenvalue weighted by molar-refractivity contribution is 0.176. The molecule has 0 bridgehead atoms. The van der Waals surface area contributed by atoms with Crippen molar-refractivity contribution in [3.05, 3.63) is 0 Å². The van der Waals surface area contributed by atoms with Gasteiger partial charge in [0.2, 0.25) is 0 Å². The zero-order valence-corrected chi connectivity index (χ0v) is 8.25. The van der Waals surface area contributed by atoms with Crippen LogP contribution in [0.1, 0.15) is 12.8 Å². The Balaban J connectivity index is 2.06. The van der Waals surface area contributed by atoms with Crippen LogP contribution in [0.3, 0.4) is 0 Å². The van der Waals surface area contributed by atoms with Gasteiger partial charge < -0.3 is 10.0 Å². The Labute approximate surface area is 75.7 Å². The van der Waals surface area contributed by atoms with E-state index in [1.54, 1.807) is 0 Å². The molecule has 1 N–H and O–H groups in total. The molecule has 2 nitrogen and oxygen atoms in total. The first kappa shape index (κ1) is 8.74. The molecule has 10 heavy (non-hydrogen) atoms. The summed E-state index contributed by atoms with van der Waals surface area (Å²) in [7, 11) is 0. The summed E-state index contributed by atoms with van der Waals surface area (Å²) in [6.07, 6.45) is 2.18. The summed E-state index contributed by atoms with van der Waals surface area (Å²) in [4.78, 5) is 2.34. The van der Waals surface area contributed by atoms with E-state index >= 15 is 0 Å². The minimum Gasteiger partial charge on any atom is -0.392 e. The summed E-state index contributed by atoms with van der Waals surface area (Å²) in [5.41, 5.74) is 0. The lowest BCUT2D eigenvalue weighted by atomic mass is 10.3. The largest absolute Gasteiger partial charge is 0.392 e. The fraction of sp³-hybridized carbons (Fsp3) is 1.00. The van der Waals surface area contributed by atoms with Crippen molar-refractivity contribution in [3.63, 3.8) is 0 Å². The first-order valence-corrected chi connectivity index (χ1v) is 5.32. The quantitative estimate of drug-likeness (QED) is 0.597. The van der Waals surface area contributed by atoms with Gasteiger partial charge in [0, 0.05) is 17.5 Å². The predicted molar refractivity (Wildman–Crippen MR) is 50.6 cm³/mol. The number of β-amino-alcohol motifs (C(OH)–C–C–N with tert-alkyl or cyclic N) is 1. The van der Waals surface area contributed by atoms with Crippen LogP contribution in [-0.4, -0.2) is 40.2 Å². The van der Waals surface area contributed by atoms with Crippen LogP contribution < -0.4 is 0 Å². The molecule has 0 unspecified atom stereocenters. The molecule has 60 valence electrons. The number of alkyl halides is 1. The molecule has 1 saturated heterocycles. The molecule has 0 aromatic heterocycles. The van der Waals surface area contributed by atoms with Gasteiger partial charge in [0.15, 0.2) is 0 Å². The number of hydrogen-bond donors (Lipinski definition) is 1. The smallest absolute Gasteiger partial charge is 0.0679 e. The Morgan fingerprint density at radius 2 is 2.40 bits per heavy atom. The third-order valence-electron chi connectivity index (χ3n) is 1.86. The normalized spacial score (nSPS) is 27.6. The Bertz CT molecular complexity index is 99.6. The predicted octanol–water partition coefficient (Wildman–Crippen LogP) is 0.878. The lowest BCUT2D eigenvalue weighted by Gasteiger charge is -2.12. The fourth-order valence-electron chi connectivity index (χ4n) is 1.30. The first-order chi connectivity index (χ1) is 4.83. The van der Waals surface area contributed by atoms with Crippen molar-refractivity contribution in [1.29, 1.82) is 0 Å². The van der Waals surface area contributed by atoms with E-state index in [0.29, 0.717) is 0 Å². The maximum absolute atomic E-state index is 9.16. The zero-order valence-electron chi connectivity index (χ0n) is 6.09. The minimum atomic E-state index is -0.0470. The van der Waals surface area contributed by atoms with E-state index in [9.17, 15) is 0 Å². The number of nitrogens with zero attached hydrogens (tertiary/aromatic N) is 1. The van der Waals surface area contributed by atoms with Gasteiger partial charge in [-0.15, -0.1) is 0 Å². The zero-order chi connectivity index (χ0) is 7.40. The number of aliphatic hydroxyl groups excluding tert-OH is 1. The van der Waals surface area contributed by atoms with Gasteiger partial charge in [0.25, 0.3) is 0 Å². The van der Waals surface area contributed by atoms with Crippen molar-refractivity contribution in [3.8, 4) is 0 Å². The molecule has 0 aliphatic carbocycles. The van der Waals surface area contributed by atoms with Crippen molar-refractivity contribution in [1.82, 2.24) is 4.90 Å². The van der Waals surface area contributed by atoms with Crippen molar-refractivity contribution in [2.75, 3.05) is 24.1 Å². The molecule has 1 rings (SSSR count). The minimum absolute atomic E-state index is 0.0470. The van der Waals surface area contributed by atoms with Gasteiger partial charge in [-0.2, -0.15) is 0 Å². The van der Waals surface area contributed by atoms with Crippen molar-refractivity contribution in [2.24, 2.45) is 0 Å². The van der Waals surface area contributed by atoms with Crippen LogP contribution in [0.5, 0.6) is 0 Å². The van der Waals surface area contributed by atoms with Crippen molar-refractivity contribution >= 4 is 22.6 Å². The standard InChI is InChI=1S/C7H14INO/c8-3-1-4-9-5-2-7(10)6-9/h7,10H,1-6H2/t7-/m0/s1. The molecule has 1 aliphatic heterocycles. The second kappa shape index (κ2) is 4.51. The van der Waals surface area contributed by atoms with Gasteiger partial charge in [0.1, 0.15) is 0 Å². The van der Waals surface area contributed by atoms with Crippen molar-refractivity contribution < 1.29 is 5.11 Å². The number of aliphatic hydroxyl groups is 1. The number of likely N-dealkylation sites (tertiary alicyclic amines) is 1. The maximum Gasteiger partial charge on any atom is 0.0679 e. The Hall–Kier alpha value is 0.650. The lowest BCUT2D eigenvalue weighted by Crippen LogP contribution is -2.23. The van der Waals surface area contributed by atoms with Crippen LogP contribution >= 0.6 is 22.6 Å². The Morgan fingerprint density at radius 1 is 1.60 bits per heavy atom. The van der Waals surface area contributed by atoms with Gasteiger partial charge in [-0.1, -0.05) is 22.6 Å². The Kier molecular flexibility index (Phi) is 3.95. The van der Waals surface area contributed by atoms with Crippen molar-refractivity contribution in [2.45, 2.75) is 18.9 Å². The molecule has 1 aliphatic rings. The molecule has 0 aromatic rings. The van der Waals surface area contributed by atoms with Crippen LogP contribution in [0.4, 0.5) is 0 Å². The second-order valence-electron chi connectivity index (χ2n) is 2.79. The number of halogens is 1. The highest BCUT2D eigenvalue weighted by atomic mass is 127. The molecule has 1 fully saturated rings. The Morgan fingerprint density at radius 3 is 2.90 bits per heavy atom. The fourth-order valence-corrected chi connectivity index (χ4v) is 1.64. The van der Waals surface area contributed by atoms with E-state index in [-0.39, 0.29) is 6.10 Å². The summed E-state index contributed by atoms with van der Waals surface area (Å²) in [6.45, 7) is 3.16. The molecule has 0 spiro atoms. The molecule has 3 heteroatoms. The second-order valence-corrected chi connectivity index (χ2v) is 3.86. The van der Waals surface area contributed by atoms with Gasteiger partial charge in [-0.05, 0) is 19.4 Å². The highest BCUT2D eigenvalue weighted by Gasteiger charge is 2.18. The third-order valence-corrected chi connectivity index (χ3v) is 2.62. The SMILES string of the molecule is O[C@H]1CCN(CCCI)C1. The summed E-state index contributed by atoms with van der Waals surface area (Å²) in [6, 6.07) is 0. The molecular formula is C7H14INO. The van der Waals surface area contributed by atoms with E-state index in [0.717, 1.165) is 19.5 Å². The monoisotopic (exact) mass is 255 g/mol. The maximum atomic E-state index is 9.16. The first-order valence-electron chi connectivity index (χ1n) is 3.79. The average Bonchev–Trinajstić information content (AvgIpc) is 2.31.